The maximum atomic E-state index is 5.84. The van der Waals surface area contributed by atoms with Gasteiger partial charge in [0.15, 0.2) is 15.6 Å². The largest absolute Gasteiger partial charge is 0.446 e. The summed E-state index contributed by atoms with van der Waals surface area (Å²) in [7, 11) is 0. The fourth-order valence-corrected chi connectivity index (χ4v) is 4.41. The van der Waals surface area contributed by atoms with Gasteiger partial charge in [0.2, 0.25) is 17.6 Å². The fourth-order valence-electron chi connectivity index (χ4n) is 3.07. The van der Waals surface area contributed by atoms with Crippen LogP contribution in [0.5, 0.6) is 0 Å². The third-order valence-corrected chi connectivity index (χ3v) is 6.48. The molecule has 5 aromatic rings. The van der Waals surface area contributed by atoms with E-state index in [-0.39, 0.29) is 0 Å². The van der Waals surface area contributed by atoms with Crippen molar-refractivity contribution in [3.8, 4) is 23.0 Å². The van der Waals surface area contributed by atoms with Crippen molar-refractivity contribution in [1.29, 1.82) is 0 Å². The molecule has 0 atom stereocenters. The summed E-state index contributed by atoms with van der Waals surface area (Å²) in [6, 6.07) is 21.6. The lowest BCUT2D eigenvalue weighted by atomic mass is 10.2. The molecule has 32 heavy (non-hydrogen) atoms. The van der Waals surface area contributed by atoms with Crippen molar-refractivity contribution < 1.29 is 8.83 Å². The Morgan fingerprint density at radius 3 is 2.38 bits per heavy atom. The molecule has 0 unspecified atom stereocenters. The maximum Gasteiger partial charge on any atom is 0.247 e. The minimum absolute atomic E-state index is 0.471. The summed E-state index contributed by atoms with van der Waals surface area (Å²) in [6.45, 7) is 0.609. The second-order valence-electron chi connectivity index (χ2n) is 6.78. The third kappa shape index (κ3) is 4.72. The van der Waals surface area contributed by atoms with Gasteiger partial charge in [-0.05, 0) is 57.9 Å². The Balaban J connectivity index is 1.39. The zero-order valence-corrected chi connectivity index (χ0v) is 20.5. The molecule has 0 radical (unpaired) electrons. The zero-order chi connectivity index (χ0) is 21.9. The molecular formula is C22H15Br2N5O2S. The normalized spacial score (nSPS) is 11.2. The van der Waals surface area contributed by atoms with Crippen LogP contribution < -0.4 is 0 Å². The first-order valence-corrected chi connectivity index (χ1v) is 12.2. The molecule has 0 N–H and O–H groups in total. The van der Waals surface area contributed by atoms with Crippen molar-refractivity contribution in [2.24, 2.45) is 0 Å². The number of nitrogens with zero attached hydrogens (tertiary/aromatic N) is 5. The van der Waals surface area contributed by atoms with E-state index in [1.165, 1.54) is 11.8 Å². The molecular weight excluding hydrogens is 558 g/mol. The van der Waals surface area contributed by atoms with E-state index in [0.29, 0.717) is 40.3 Å². The highest BCUT2D eigenvalue weighted by atomic mass is 79.9. The Kier molecular flexibility index (Phi) is 6.24. The van der Waals surface area contributed by atoms with Gasteiger partial charge in [-0.3, -0.25) is 4.57 Å². The highest BCUT2D eigenvalue weighted by Gasteiger charge is 2.19. The van der Waals surface area contributed by atoms with Gasteiger partial charge in [-0.25, -0.2) is 0 Å². The summed E-state index contributed by atoms with van der Waals surface area (Å²) in [5.74, 6) is 2.77. The van der Waals surface area contributed by atoms with E-state index < -0.39 is 0 Å². The maximum absolute atomic E-state index is 5.84. The van der Waals surface area contributed by atoms with Gasteiger partial charge < -0.3 is 8.83 Å². The van der Waals surface area contributed by atoms with Crippen LogP contribution in [0.1, 0.15) is 11.5 Å². The van der Waals surface area contributed by atoms with E-state index in [4.69, 9.17) is 8.83 Å². The number of aromatic nitrogens is 5. The molecule has 5 rings (SSSR count). The molecule has 0 fully saturated rings. The number of benzene rings is 2. The summed E-state index contributed by atoms with van der Waals surface area (Å²) in [4.78, 5) is 0. The van der Waals surface area contributed by atoms with Gasteiger partial charge in [0.1, 0.15) is 0 Å². The molecule has 0 spiro atoms. The van der Waals surface area contributed by atoms with E-state index in [0.717, 1.165) is 20.8 Å². The first-order valence-electron chi connectivity index (χ1n) is 9.59. The average molecular weight is 573 g/mol. The van der Waals surface area contributed by atoms with Crippen LogP contribution in [0, 0.1) is 0 Å². The molecule has 160 valence electrons. The Hall–Kier alpha value is -2.69. The number of hydrogen-bond acceptors (Lipinski definition) is 7. The molecule has 0 saturated carbocycles. The van der Waals surface area contributed by atoms with Crippen LogP contribution in [0.2, 0.25) is 0 Å². The molecule has 0 aliphatic heterocycles. The van der Waals surface area contributed by atoms with E-state index in [1.54, 1.807) is 0 Å². The van der Waals surface area contributed by atoms with E-state index in [1.807, 2.05) is 59.2 Å². The van der Waals surface area contributed by atoms with Crippen molar-refractivity contribution in [2.45, 2.75) is 17.5 Å². The summed E-state index contributed by atoms with van der Waals surface area (Å²) in [6.07, 6.45) is 0. The fraction of sp³-hybridized carbons (Fsp3) is 0.0909. The lowest BCUT2D eigenvalue weighted by Gasteiger charge is -2.08. The lowest BCUT2D eigenvalue weighted by Crippen LogP contribution is -2.04. The summed E-state index contributed by atoms with van der Waals surface area (Å²) >= 11 is 8.27. The highest BCUT2D eigenvalue weighted by molar-refractivity contribution is 9.10. The average Bonchev–Trinajstić information content (AvgIpc) is 3.54. The zero-order valence-electron chi connectivity index (χ0n) is 16.5. The Morgan fingerprint density at radius 1 is 0.812 bits per heavy atom. The summed E-state index contributed by atoms with van der Waals surface area (Å²) in [5.41, 5.74) is 2.01. The first-order chi connectivity index (χ1) is 15.7. The second-order valence-corrected chi connectivity index (χ2v) is 9.42. The van der Waals surface area contributed by atoms with Gasteiger partial charge in [-0.1, -0.05) is 58.0 Å². The smallest absolute Gasteiger partial charge is 0.247 e. The number of furan rings is 1. The molecule has 3 heterocycles. The van der Waals surface area contributed by atoms with Crippen LogP contribution in [0.25, 0.3) is 23.0 Å². The predicted octanol–water partition coefficient (Wildman–Crippen LogP) is 6.45. The molecule has 2 aromatic carbocycles. The van der Waals surface area contributed by atoms with Crippen LogP contribution in [0.3, 0.4) is 0 Å². The minimum Gasteiger partial charge on any atom is -0.446 e. The van der Waals surface area contributed by atoms with E-state index in [9.17, 15) is 0 Å². The van der Waals surface area contributed by atoms with Crippen LogP contribution in [-0.4, -0.2) is 25.0 Å². The van der Waals surface area contributed by atoms with E-state index >= 15 is 0 Å². The summed E-state index contributed by atoms with van der Waals surface area (Å²) in [5, 5.41) is 17.9. The van der Waals surface area contributed by atoms with Gasteiger partial charge in [0.05, 0.1) is 12.3 Å². The van der Waals surface area contributed by atoms with Crippen molar-refractivity contribution in [2.75, 3.05) is 0 Å². The third-order valence-electron chi connectivity index (χ3n) is 4.58. The topological polar surface area (TPSA) is 82.8 Å². The predicted molar refractivity (Wildman–Crippen MR) is 128 cm³/mol. The van der Waals surface area contributed by atoms with Crippen LogP contribution in [0.4, 0.5) is 0 Å². The van der Waals surface area contributed by atoms with Crippen LogP contribution >= 0.6 is 43.6 Å². The lowest BCUT2D eigenvalue weighted by molar-refractivity contribution is 0.528. The van der Waals surface area contributed by atoms with Crippen molar-refractivity contribution >= 4 is 43.6 Å². The van der Waals surface area contributed by atoms with Crippen molar-refractivity contribution in [3.63, 3.8) is 0 Å². The van der Waals surface area contributed by atoms with Gasteiger partial charge >= 0.3 is 0 Å². The van der Waals surface area contributed by atoms with E-state index in [2.05, 4.69) is 64.4 Å². The Morgan fingerprint density at radius 2 is 1.62 bits per heavy atom. The number of thioether (sulfide) groups is 1. The van der Waals surface area contributed by atoms with Crippen LogP contribution in [-0.2, 0) is 12.3 Å². The molecule has 0 saturated heterocycles. The Labute approximate surface area is 204 Å². The Bertz CT molecular complexity index is 1330. The molecule has 0 aliphatic carbocycles. The number of halogens is 2. The van der Waals surface area contributed by atoms with Crippen LogP contribution in [0.15, 0.2) is 89.9 Å². The number of rotatable bonds is 7. The quantitative estimate of drug-likeness (QED) is 0.207. The molecule has 0 amide bonds. The monoisotopic (exact) mass is 571 g/mol. The number of hydrogen-bond donors (Lipinski definition) is 0. The molecule has 0 aliphatic rings. The molecule has 0 bridgehead atoms. The first kappa shape index (κ1) is 21.2. The van der Waals surface area contributed by atoms with Crippen molar-refractivity contribution in [1.82, 2.24) is 25.0 Å². The van der Waals surface area contributed by atoms with Gasteiger partial charge in [-0.15, -0.1) is 20.4 Å². The molecule has 7 nitrogen and oxygen atoms in total. The van der Waals surface area contributed by atoms with Gasteiger partial charge in [0, 0.05) is 10.0 Å². The SMILES string of the molecule is Brc1ccc(-c2nnc(CSc3nnc(-c4ccc(Br)o4)n3Cc3ccccc3)o2)cc1. The van der Waals surface area contributed by atoms with Gasteiger partial charge in [0.25, 0.3) is 0 Å². The summed E-state index contributed by atoms with van der Waals surface area (Å²) < 4.78 is 15.2. The standard InChI is InChI=1S/C22H15Br2N5O2S/c23-16-8-6-15(7-9-16)21-27-25-19(31-21)13-32-22-28-26-20(17-10-11-18(24)30-17)29(22)12-14-4-2-1-3-5-14/h1-11H,12-13H2. The second kappa shape index (κ2) is 9.43. The van der Waals surface area contributed by atoms with Gasteiger partial charge in [-0.2, -0.15) is 0 Å². The van der Waals surface area contributed by atoms with Crippen molar-refractivity contribution in [3.05, 3.63) is 87.3 Å². The molecule has 3 aromatic heterocycles. The molecule has 10 heteroatoms. The minimum atomic E-state index is 0.471. The highest BCUT2D eigenvalue weighted by Crippen LogP contribution is 2.30.